The minimum Gasteiger partial charge on any atom is -0.496 e. The summed E-state index contributed by atoms with van der Waals surface area (Å²) >= 11 is 0. The van der Waals surface area contributed by atoms with Gasteiger partial charge in [0.15, 0.2) is 0 Å². The summed E-state index contributed by atoms with van der Waals surface area (Å²) in [6.07, 6.45) is 5.99. The number of hydrogen-bond donors (Lipinski definition) is 3. The normalized spacial score (nSPS) is 17.4. The highest BCUT2D eigenvalue weighted by molar-refractivity contribution is 5.94. The van der Waals surface area contributed by atoms with Gasteiger partial charge in [-0.15, -0.1) is 0 Å². The fourth-order valence-electron chi connectivity index (χ4n) is 4.23. The molecule has 168 valence electrons. The van der Waals surface area contributed by atoms with Crippen LogP contribution in [0, 0.1) is 11.7 Å². The van der Waals surface area contributed by atoms with Crippen molar-refractivity contribution in [3.8, 4) is 17.0 Å². The first kappa shape index (κ1) is 22.0. The molecule has 0 aliphatic heterocycles. The second-order valence-corrected chi connectivity index (χ2v) is 8.44. The number of allylic oxidation sites excluding steroid dienone is 1. The fraction of sp³-hybridized carbons (Fsp3) is 0.375. The summed E-state index contributed by atoms with van der Waals surface area (Å²) in [7, 11) is 1.54. The molecule has 2 aromatic heterocycles. The van der Waals surface area contributed by atoms with Gasteiger partial charge < -0.3 is 20.1 Å². The summed E-state index contributed by atoms with van der Waals surface area (Å²) in [6, 6.07) is 5.92. The van der Waals surface area contributed by atoms with Gasteiger partial charge >= 0.3 is 5.97 Å². The van der Waals surface area contributed by atoms with Crippen LogP contribution < -0.4 is 10.1 Å². The van der Waals surface area contributed by atoms with E-state index in [4.69, 9.17) is 4.74 Å². The minimum atomic E-state index is -0.815. The maximum absolute atomic E-state index is 13.9. The second kappa shape index (κ2) is 9.08. The van der Waals surface area contributed by atoms with Crippen molar-refractivity contribution in [2.24, 2.45) is 5.92 Å². The van der Waals surface area contributed by atoms with Crippen LogP contribution in [0.1, 0.15) is 38.8 Å². The number of fused-ring (bicyclic) bond motifs is 1. The number of aromatic amines is 1. The Balaban J connectivity index is 1.61. The first-order chi connectivity index (χ1) is 15.4. The van der Waals surface area contributed by atoms with Gasteiger partial charge in [-0.3, -0.25) is 4.79 Å². The second-order valence-electron chi connectivity index (χ2n) is 8.44. The number of nitrogens with one attached hydrogen (secondary N) is 2. The SMILES string of the molecule is COc1ccc(F)cc1-c1ncnc2[nH]c(C3=CCC(N[C@H](C(=O)O)C(C)C)CC3)cc12. The molecule has 4 rings (SSSR count). The van der Waals surface area contributed by atoms with Gasteiger partial charge in [0, 0.05) is 22.7 Å². The summed E-state index contributed by atoms with van der Waals surface area (Å²) in [4.78, 5) is 23.6. The Morgan fingerprint density at radius 2 is 2.12 bits per heavy atom. The van der Waals surface area contributed by atoms with E-state index in [9.17, 15) is 14.3 Å². The zero-order valence-corrected chi connectivity index (χ0v) is 18.4. The maximum atomic E-state index is 13.9. The number of ether oxygens (including phenoxy) is 1. The smallest absolute Gasteiger partial charge is 0.320 e. The van der Waals surface area contributed by atoms with E-state index in [-0.39, 0.29) is 17.8 Å². The lowest BCUT2D eigenvalue weighted by Crippen LogP contribution is -2.46. The third-order valence-corrected chi connectivity index (χ3v) is 5.95. The van der Waals surface area contributed by atoms with Crippen LogP contribution in [0.25, 0.3) is 27.9 Å². The first-order valence-corrected chi connectivity index (χ1v) is 10.7. The Hall–Kier alpha value is -3.26. The molecule has 1 aliphatic carbocycles. The Morgan fingerprint density at radius 1 is 1.31 bits per heavy atom. The number of rotatable bonds is 7. The highest BCUT2D eigenvalue weighted by Crippen LogP contribution is 2.36. The Labute approximate surface area is 185 Å². The van der Waals surface area contributed by atoms with Crippen LogP contribution in [0.2, 0.25) is 0 Å². The molecule has 1 aliphatic rings. The standard InChI is InChI=1S/C24H27FN4O3/c1-13(2)21(24(30)31)28-16-7-4-14(5-8-16)19-11-18-22(26-12-27-23(18)29-19)17-10-15(25)6-9-20(17)32-3/h4,6,9-13,16,21,28H,5,7-8H2,1-3H3,(H,30,31)(H,26,27,29)/t16?,21-/m0/s1. The molecule has 3 aromatic rings. The molecule has 7 nitrogen and oxygen atoms in total. The van der Waals surface area contributed by atoms with Crippen LogP contribution in [-0.4, -0.2) is 45.2 Å². The summed E-state index contributed by atoms with van der Waals surface area (Å²) in [5, 5.41) is 13.5. The minimum absolute atomic E-state index is 0.0170. The lowest BCUT2D eigenvalue weighted by Gasteiger charge is -2.28. The quantitative estimate of drug-likeness (QED) is 0.505. The van der Waals surface area contributed by atoms with Crippen LogP contribution in [-0.2, 0) is 4.79 Å². The molecule has 2 atom stereocenters. The molecule has 0 fully saturated rings. The predicted molar refractivity (Wildman–Crippen MR) is 121 cm³/mol. The zero-order valence-electron chi connectivity index (χ0n) is 18.4. The van der Waals surface area contributed by atoms with Crippen molar-refractivity contribution < 1.29 is 19.0 Å². The molecule has 32 heavy (non-hydrogen) atoms. The van der Waals surface area contributed by atoms with Crippen LogP contribution >= 0.6 is 0 Å². The van der Waals surface area contributed by atoms with E-state index in [1.54, 1.807) is 13.2 Å². The maximum Gasteiger partial charge on any atom is 0.320 e. The van der Waals surface area contributed by atoms with Crippen LogP contribution in [0.3, 0.4) is 0 Å². The molecule has 1 unspecified atom stereocenters. The van der Waals surface area contributed by atoms with Gasteiger partial charge in [-0.1, -0.05) is 19.9 Å². The molecular formula is C24H27FN4O3. The van der Waals surface area contributed by atoms with E-state index >= 15 is 0 Å². The number of nitrogens with zero attached hydrogens (tertiary/aromatic N) is 2. The van der Waals surface area contributed by atoms with Gasteiger partial charge in [0.1, 0.15) is 29.6 Å². The molecular weight excluding hydrogens is 411 g/mol. The first-order valence-electron chi connectivity index (χ1n) is 10.7. The number of H-pyrrole nitrogens is 1. The topological polar surface area (TPSA) is 100 Å². The monoisotopic (exact) mass is 438 g/mol. The lowest BCUT2D eigenvalue weighted by atomic mass is 9.91. The highest BCUT2D eigenvalue weighted by Gasteiger charge is 2.26. The fourth-order valence-corrected chi connectivity index (χ4v) is 4.23. The Morgan fingerprint density at radius 3 is 2.78 bits per heavy atom. The van der Waals surface area contributed by atoms with E-state index < -0.39 is 12.0 Å². The average molecular weight is 439 g/mol. The predicted octanol–water partition coefficient (Wildman–Crippen LogP) is 4.41. The highest BCUT2D eigenvalue weighted by atomic mass is 19.1. The number of hydrogen-bond acceptors (Lipinski definition) is 5. The van der Waals surface area contributed by atoms with Crippen LogP contribution in [0.15, 0.2) is 36.7 Å². The number of benzene rings is 1. The number of carboxylic acid groups (broad SMARTS) is 1. The van der Waals surface area contributed by atoms with Crippen molar-refractivity contribution >= 4 is 22.6 Å². The van der Waals surface area contributed by atoms with Crippen molar-refractivity contribution in [2.75, 3.05) is 7.11 Å². The summed E-state index contributed by atoms with van der Waals surface area (Å²) in [5.74, 6) is -0.622. The lowest BCUT2D eigenvalue weighted by molar-refractivity contribution is -0.140. The Bertz CT molecular complexity index is 1170. The molecule has 0 radical (unpaired) electrons. The van der Waals surface area contributed by atoms with Gasteiger partial charge in [-0.25, -0.2) is 14.4 Å². The average Bonchev–Trinajstić information content (AvgIpc) is 3.22. The number of methoxy groups -OCH3 is 1. The number of halogens is 1. The third-order valence-electron chi connectivity index (χ3n) is 5.95. The molecule has 0 spiro atoms. The summed E-state index contributed by atoms with van der Waals surface area (Å²) in [5.41, 5.74) is 3.93. The van der Waals surface area contributed by atoms with Crippen molar-refractivity contribution in [1.82, 2.24) is 20.3 Å². The molecule has 0 amide bonds. The third kappa shape index (κ3) is 4.36. The summed E-state index contributed by atoms with van der Waals surface area (Å²) < 4.78 is 19.3. The molecule has 1 aromatic carbocycles. The molecule has 0 bridgehead atoms. The molecule has 8 heteroatoms. The number of aromatic nitrogens is 3. The molecule has 0 saturated heterocycles. The van der Waals surface area contributed by atoms with Crippen molar-refractivity contribution in [3.63, 3.8) is 0 Å². The van der Waals surface area contributed by atoms with E-state index in [1.807, 2.05) is 19.9 Å². The van der Waals surface area contributed by atoms with Crippen molar-refractivity contribution in [1.29, 1.82) is 0 Å². The van der Waals surface area contributed by atoms with Crippen molar-refractivity contribution in [3.05, 3.63) is 48.2 Å². The van der Waals surface area contributed by atoms with Gasteiger partial charge in [0.2, 0.25) is 0 Å². The van der Waals surface area contributed by atoms with Gasteiger partial charge in [0.25, 0.3) is 0 Å². The number of carboxylic acids is 1. The largest absolute Gasteiger partial charge is 0.496 e. The van der Waals surface area contributed by atoms with Crippen LogP contribution in [0.4, 0.5) is 4.39 Å². The zero-order chi connectivity index (χ0) is 22.8. The van der Waals surface area contributed by atoms with Gasteiger partial charge in [0.05, 0.1) is 12.8 Å². The van der Waals surface area contributed by atoms with Gasteiger partial charge in [-0.05, 0) is 55.0 Å². The van der Waals surface area contributed by atoms with E-state index in [1.165, 1.54) is 18.5 Å². The van der Waals surface area contributed by atoms with E-state index in [2.05, 4.69) is 26.3 Å². The Kier molecular flexibility index (Phi) is 6.23. The molecule has 3 N–H and O–H groups in total. The van der Waals surface area contributed by atoms with Crippen molar-refractivity contribution in [2.45, 2.75) is 45.2 Å². The van der Waals surface area contributed by atoms with E-state index in [0.29, 0.717) is 22.7 Å². The van der Waals surface area contributed by atoms with E-state index in [0.717, 1.165) is 35.9 Å². The number of aliphatic carboxylic acids is 1. The molecule has 2 heterocycles. The summed E-state index contributed by atoms with van der Waals surface area (Å²) in [6.45, 7) is 3.82. The molecule has 0 saturated carbocycles. The van der Waals surface area contributed by atoms with Gasteiger partial charge in [-0.2, -0.15) is 0 Å². The van der Waals surface area contributed by atoms with Crippen LogP contribution in [0.5, 0.6) is 5.75 Å². The number of carbonyl (C=O) groups is 1.